The Labute approximate surface area is 213 Å². The number of nitriles is 1. The van der Waals surface area contributed by atoms with Crippen molar-refractivity contribution in [2.24, 2.45) is 0 Å². The molecule has 0 aliphatic heterocycles. The van der Waals surface area contributed by atoms with Crippen LogP contribution in [0.3, 0.4) is 0 Å². The third-order valence-electron chi connectivity index (χ3n) is 6.31. The van der Waals surface area contributed by atoms with Gasteiger partial charge in [-0.1, -0.05) is 37.6 Å². The van der Waals surface area contributed by atoms with Crippen LogP contribution >= 0.6 is 10.2 Å². The first-order valence-corrected chi connectivity index (χ1v) is 13.1. The highest BCUT2D eigenvalue weighted by atomic mass is 32.5. The number of nitrogens with one attached hydrogen (secondary N) is 1. The van der Waals surface area contributed by atoms with Crippen molar-refractivity contribution in [1.29, 1.82) is 5.26 Å². The smallest absolute Gasteiger partial charge is 0.306 e. The summed E-state index contributed by atoms with van der Waals surface area (Å²) in [6.45, 7) is 1.67. The number of pyridine rings is 1. The Morgan fingerprint density at radius 3 is 2.63 bits per heavy atom. The van der Waals surface area contributed by atoms with E-state index in [1.54, 1.807) is 65.1 Å². The average Bonchev–Trinajstić information content (AvgIpc) is 3.46. The molecular weight excluding hydrogens is 527 g/mol. The van der Waals surface area contributed by atoms with Gasteiger partial charge < -0.3 is 9.88 Å². The predicted molar refractivity (Wildman–Crippen MR) is 134 cm³/mol. The molecule has 1 aliphatic rings. The minimum Gasteiger partial charge on any atom is -0.322 e. The molecule has 13 heteroatoms. The summed E-state index contributed by atoms with van der Waals surface area (Å²) >= 11 is 0. The standard InChI is InChI=1S/C25H19F5N6OS/c1-17-6-7-20(35-10-11-36-23(35)13-22(34-36)19-5-3-9-32-15-19)12-21(17)33-24(37)18-4-2-8-25(14-18,16-31)38(26,27,28,29)30/h2-13,15H,14H2,1H3,(H,33,37). The summed E-state index contributed by atoms with van der Waals surface area (Å²) in [5.74, 6) is -1.02. The van der Waals surface area contributed by atoms with Gasteiger partial charge in [0.05, 0.1) is 11.8 Å². The number of rotatable bonds is 5. The van der Waals surface area contributed by atoms with Crippen LogP contribution in [0.25, 0.3) is 22.6 Å². The molecule has 0 fully saturated rings. The van der Waals surface area contributed by atoms with E-state index in [1.807, 2.05) is 12.1 Å². The summed E-state index contributed by atoms with van der Waals surface area (Å²) < 4.78 is 67.8. The fourth-order valence-electron chi connectivity index (χ4n) is 4.16. The van der Waals surface area contributed by atoms with Crippen molar-refractivity contribution < 1.29 is 24.2 Å². The highest BCUT2D eigenvalue weighted by Crippen LogP contribution is 3.04. The van der Waals surface area contributed by atoms with Crippen molar-refractivity contribution in [3.05, 3.63) is 90.6 Å². The Morgan fingerprint density at radius 1 is 1.16 bits per heavy atom. The van der Waals surface area contributed by atoms with E-state index in [9.17, 15) is 24.2 Å². The fraction of sp³-hybridized carbons (Fsp3) is 0.120. The first-order valence-electron chi connectivity index (χ1n) is 11.1. The summed E-state index contributed by atoms with van der Waals surface area (Å²) in [6, 6.07) is 11.3. The number of benzene rings is 1. The molecule has 1 aliphatic carbocycles. The predicted octanol–water partition coefficient (Wildman–Crippen LogP) is 6.88. The number of imidazole rings is 1. The zero-order valence-electron chi connectivity index (χ0n) is 19.7. The van der Waals surface area contributed by atoms with Crippen LogP contribution in [0, 0.1) is 18.3 Å². The maximum Gasteiger partial charge on any atom is 0.306 e. The van der Waals surface area contributed by atoms with Gasteiger partial charge >= 0.3 is 10.2 Å². The number of allylic oxidation sites excluding steroid dienone is 2. The monoisotopic (exact) mass is 546 g/mol. The Morgan fingerprint density at radius 2 is 1.95 bits per heavy atom. The van der Waals surface area contributed by atoms with Gasteiger partial charge in [-0.3, -0.25) is 9.78 Å². The third-order valence-corrected chi connectivity index (χ3v) is 8.06. The summed E-state index contributed by atoms with van der Waals surface area (Å²) in [6.07, 6.45) is 7.08. The number of amides is 1. The van der Waals surface area contributed by atoms with Gasteiger partial charge in [0.25, 0.3) is 5.91 Å². The van der Waals surface area contributed by atoms with Crippen molar-refractivity contribution in [2.45, 2.75) is 18.1 Å². The van der Waals surface area contributed by atoms with Gasteiger partial charge in [0, 0.05) is 59.8 Å². The van der Waals surface area contributed by atoms with E-state index < -0.39 is 32.9 Å². The van der Waals surface area contributed by atoms with Gasteiger partial charge in [0.1, 0.15) is 5.65 Å². The molecule has 0 saturated heterocycles. The third kappa shape index (κ3) is 4.22. The van der Waals surface area contributed by atoms with Crippen LogP contribution in [-0.4, -0.2) is 29.8 Å². The molecule has 0 spiro atoms. The number of nitrogens with zero attached hydrogens (tertiary/aromatic N) is 5. The topological polar surface area (TPSA) is 88.0 Å². The molecule has 1 amide bonds. The van der Waals surface area contributed by atoms with Crippen molar-refractivity contribution in [1.82, 2.24) is 19.2 Å². The van der Waals surface area contributed by atoms with Crippen molar-refractivity contribution in [3.8, 4) is 23.0 Å². The summed E-state index contributed by atoms with van der Waals surface area (Å²) in [7, 11) is -10.3. The van der Waals surface area contributed by atoms with Crippen molar-refractivity contribution in [3.63, 3.8) is 0 Å². The lowest BCUT2D eigenvalue weighted by atomic mass is 9.94. The lowest BCUT2D eigenvalue weighted by molar-refractivity contribution is -0.113. The number of aromatic nitrogens is 4. The van der Waals surface area contributed by atoms with Crippen molar-refractivity contribution >= 4 is 27.5 Å². The first-order chi connectivity index (χ1) is 17.7. The second-order valence-electron chi connectivity index (χ2n) is 8.89. The van der Waals surface area contributed by atoms with Gasteiger partial charge in [-0.2, -0.15) is 10.4 Å². The first kappa shape index (κ1) is 25.2. The molecule has 5 rings (SSSR count). The number of hydrogen-bond acceptors (Lipinski definition) is 4. The molecule has 1 aromatic carbocycles. The Balaban J connectivity index is 1.44. The molecule has 0 radical (unpaired) electrons. The molecule has 0 saturated carbocycles. The SMILES string of the molecule is Cc1ccc(-n2ccn3nc(-c4cccnc4)cc23)cc1NC(=O)C1=CC=CC(C#N)(S(F)(F)(F)(F)F)C1. The van der Waals surface area contributed by atoms with Gasteiger partial charge in [-0.05, 0) is 42.8 Å². The quantitative estimate of drug-likeness (QED) is 0.277. The van der Waals surface area contributed by atoms with Gasteiger partial charge in [0.15, 0.2) is 0 Å². The minimum absolute atomic E-state index is 0.111. The van der Waals surface area contributed by atoms with Gasteiger partial charge in [0.2, 0.25) is 4.75 Å². The summed E-state index contributed by atoms with van der Waals surface area (Å²) in [4.78, 5) is 17.0. The van der Waals surface area contributed by atoms with E-state index in [0.29, 0.717) is 34.7 Å². The van der Waals surface area contributed by atoms with E-state index >= 15 is 0 Å². The second-order valence-corrected chi connectivity index (χ2v) is 11.6. The number of carbonyl (C=O) groups is 1. The molecule has 4 aromatic rings. The molecule has 1 unspecified atom stereocenters. The Bertz CT molecular complexity index is 1700. The highest BCUT2D eigenvalue weighted by molar-refractivity contribution is 8.47. The van der Waals surface area contributed by atoms with E-state index in [4.69, 9.17) is 5.26 Å². The fourth-order valence-corrected chi connectivity index (χ4v) is 5.09. The average molecular weight is 547 g/mol. The molecular formula is C25H19F5N6OS. The second kappa shape index (κ2) is 7.78. The molecule has 7 nitrogen and oxygen atoms in total. The summed E-state index contributed by atoms with van der Waals surface area (Å²) in [5, 5.41) is 16.1. The van der Waals surface area contributed by atoms with E-state index in [1.165, 1.54) is 0 Å². The largest absolute Gasteiger partial charge is 0.322 e. The van der Waals surface area contributed by atoms with E-state index in [-0.39, 0.29) is 11.8 Å². The van der Waals surface area contributed by atoms with Crippen LogP contribution in [0.4, 0.5) is 25.1 Å². The van der Waals surface area contributed by atoms with Crippen LogP contribution < -0.4 is 5.32 Å². The Hall–Kier alpha value is -4.44. The van der Waals surface area contributed by atoms with Crippen LogP contribution in [0.2, 0.25) is 0 Å². The number of hydrogen-bond donors (Lipinski definition) is 1. The molecule has 1 N–H and O–H groups in total. The molecule has 3 heterocycles. The lowest BCUT2D eigenvalue weighted by Gasteiger charge is -2.51. The molecule has 196 valence electrons. The van der Waals surface area contributed by atoms with E-state index in [2.05, 4.69) is 15.4 Å². The van der Waals surface area contributed by atoms with Gasteiger partial charge in [-0.25, -0.2) is 4.52 Å². The number of anilines is 1. The number of carbonyl (C=O) groups excluding carboxylic acids is 1. The molecule has 3 aromatic heterocycles. The van der Waals surface area contributed by atoms with Crippen LogP contribution in [0.5, 0.6) is 0 Å². The molecule has 0 bridgehead atoms. The highest BCUT2D eigenvalue weighted by Gasteiger charge is 2.79. The zero-order valence-corrected chi connectivity index (χ0v) is 20.5. The lowest BCUT2D eigenvalue weighted by Crippen LogP contribution is -2.41. The zero-order chi connectivity index (χ0) is 27.4. The number of aryl methyl sites for hydroxylation is 1. The maximum absolute atomic E-state index is 13.7. The van der Waals surface area contributed by atoms with Crippen LogP contribution in [-0.2, 0) is 4.79 Å². The summed E-state index contributed by atoms with van der Waals surface area (Å²) in [5.41, 5.74) is 3.05. The molecule has 1 atom stereocenters. The van der Waals surface area contributed by atoms with Crippen LogP contribution in [0.1, 0.15) is 12.0 Å². The number of halogens is 5. The normalized spacial score (nSPS) is 19.3. The van der Waals surface area contributed by atoms with Crippen LogP contribution in [0.15, 0.2) is 85.0 Å². The molecule has 38 heavy (non-hydrogen) atoms. The Kier molecular flexibility index (Phi) is 5.16. The minimum atomic E-state index is -10.3. The number of fused-ring (bicyclic) bond motifs is 1. The van der Waals surface area contributed by atoms with Crippen molar-refractivity contribution in [2.75, 3.05) is 5.32 Å². The van der Waals surface area contributed by atoms with Gasteiger partial charge in [-0.15, -0.1) is 0 Å². The maximum atomic E-state index is 13.7. The van der Waals surface area contributed by atoms with E-state index in [0.717, 1.165) is 11.6 Å².